The Morgan fingerprint density at radius 2 is 1.76 bits per heavy atom. The van der Waals surface area contributed by atoms with E-state index in [1.807, 2.05) is 38.1 Å². The summed E-state index contributed by atoms with van der Waals surface area (Å²) in [5, 5.41) is 5.46. The summed E-state index contributed by atoms with van der Waals surface area (Å²) in [6, 6.07) is 7.15. The Kier molecular flexibility index (Phi) is 10.5. The molecule has 0 unspecified atom stereocenters. The molecule has 1 aliphatic rings. The van der Waals surface area contributed by atoms with Gasteiger partial charge in [-0.15, -0.1) is 24.8 Å². The van der Waals surface area contributed by atoms with E-state index in [-0.39, 0.29) is 49.1 Å². The molecule has 8 heteroatoms. The van der Waals surface area contributed by atoms with Crippen LogP contribution in [0.15, 0.2) is 24.3 Å². The van der Waals surface area contributed by atoms with E-state index in [0.717, 1.165) is 24.5 Å². The molecule has 1 aromatic carbocycles. The predicted molar refractivity (Wildman–Crippen MR) is 107 cm³/mol. The van der Waals surface area contributed by atoms with E-state index >= 15 is 0 Å². The van der Waals surface area contributed by atoms with Crippen molar-refractivity contribution < 1.29 is 9.59 Å². The molecule has 0 saturated carbocycles. The number of hydrogen-bond acceptors (Lipinski definition) is 4. The lowest BCUT2D eigenvalue weighted by Gasteiger charge is -2.21. The normalized spacial score (nSPS) is 14.3. The van der Waals surface area contributed by atoms with E-state index in [9.17, 15) is 9.59 Å². The number of para-hydroxylation sites is 2. The zero-order valence-electron chi connectivity index (χ0n) is 14.7. The van der Waals surface area contributed by atoms with Gasteiger partial charge in [-0.3, -0.25) is 9.59 Å². The van der Waals surface area contributed by atoms with Crippen LogP contribution < -0.4 is 21.3 Å². The lowest BCUT2D eigenvalue weighted by Crippen LogP contribution is -2.46. The summed E-state index contributed by atoms with van der Waals surface area (Å²) in [5.74, 6) is -0.516. The first-order chi connectivity index (χ1) is 11.0. The molecule has 0 spiro atoms. The maximum Gasteiger partial charge on any atom is 0.243 e. The highest BCUT2D eigenvalue weighted by Gasteiger charge is 2.19. The van der Waals surface area contributed by atoms with Gasteiger partial charge in [0.15, 0.2) is 0 Å². The van der Waals surface area contributed by atoms with Gasteiger partial charge in [0.2, 0.25) is 11.8 Å². The molecule has 6 nitrogen and oxygen atoms in total. The number of hydrogen-bond donors (Lipinski definition) is 3. The maximum absolute atomic E-state index is 12.1. The van der Waals surface area contributed by atoms with Crippen molar-refractivity contribution >= 4 is 48.0 Å². The molecule has 1 atom stereocenters. The fraction of sp³-hybridized carbons (Fsp3) is 0.529. The van der Waals surface area contributed by atoms with E-state index in [4.69, 9.17) is 5.73 Å². The van der Waals surface area contributed by atoms with Crippen LogP contribution in [0.3, 0.4) is 0 Å². The number of nitrogens with two attached hydrogens (primary N) is 1. The van der Waals surface area contributed by atoms with E-state index in [0.29, 0.717) is 0 Å². The van der Waals surface area contributed by atoms with Crippen LogP contribution in [-0.4, -0.2) is 37.5 Å². The van der Waals surface area contributed by atoms with Crippen molar-refractivity contribution in [3.8, 4) is 0 Å². The smallest absolute Gasteiger partial charge is 0.243 e. The van der Waals surface area contributed by atoms with Crippen molar-refractivity contribution in [3.63, 3.8) is 0 Å². The summed E-state index contributed by atoms with van der Waals surface area (Å²) in [5.41, 5.74) is 7.57. The number of carbonyl (C=O) groups is 2. The molecule has 2 amide bonds. The summed E-state index contributed by atoms with van der Waals surface area (Å²) >= 11 is 0. The number of carbonyl (C=O) groups excluding carboxylic acids is 2. The third-order valence-electron chi connectivity index (χ3n) is 4.07. The summed E-state index contributed by atoms with van der Waals surface area (Å²) in [7, 11) is 0. The summed E-state index contributed by atoms with van der Waals surface area (Å²) < 4.78 is 0. The third-order valence-corrected chi connectivity index (χ3v) is 4.07. The molecule has 0 bridgehead atoms. The van der Waals surface area contributed by atoms with Crippen molar-refractivity contribution in [1.29, 1.82) is 0 Å². The molecule has 1 fully saturated rings. The van der Waals surface area contributed by atoms with Gasteiger partial charge in [-0.1, -0.05) is 26.0 Å². The number of halogens is 2. The van der Waals surface area contributed by atoms with Gasteiger partial charge in [-0.25, -0.2) is 0 Å². The zero-order chi connectivity index (χ0) is 16.8. The van der Waals surface area contributed by atoms with E-state index < -0.39 is 6.04 Å². The lowest BCUT2D eigenvalue weighted by atomic mass is 10.1. The second kappa shape index (κ2) is 11.2. The first-order valence-corrected chi connectivity index (χ1v) is 8.16. The number of anilines is 2. The SMILES string of the molecule is CC(C)[C@H](N)C(=O)NCC(=O)Nc1ccccc1N1CCCC1.Cl.Cl. The Morgan fingerprint density at radius 1 is 1.16 bits per heavy atom. The van der Waals surface area contributed by atoms with Gasteiger partial charge in [0.25, 0.3) is 0 Å². The van der Waals surface area contributed by atoms with Gasteiger partial charge in [-0.05, 0) is 30.9 Å². The summed E-state index contributed by atoms with van der Waals surface area (Å²) in [4.78, 5) is 26.2. The van der Waals surface area contributed by atoms with Crippen LogP contribution in [-0.2, 0) is 9.59 Å². The molecule has 1 saturated heterocycles. The monoisotopic (exact) mass is 390 g/mol. The van der Waals surface area contributed by atoms with Crippen molar-refractivity contribution in [2.75, 3.05) is 29.9 Å². The predicted octanol–water partition coefficient (Wildman–Crippen LogP) is 2.17. The van der Waals surface area contributed by atoms with Crippen molar-refractivity contribution in [2.45, 2.75) is 32.7 Å². The largest absolute Gasteiger partial charge is 0.370 e. The molecule has 1 heterocycles. The Morgan fingerprint density at radius 3 is 2.36 bits per heavy atom. The molecule has 142 valence electrons. The molecular formula is C17H28Cl2N4O2. The van der Waals surface area contributed by atoms with Gasteiger partial charge in [0.1, 0.15) is 0 Å². The van der Waals surface area contributed by atoms with Crippen molar-refractivity contribution in [2.24, 2.45) is 11.7 Å². The van der Waals surface area contributed by atoms with Crippen molar-refractivity contribution in [1.82, 2.24) is 5.32 Å². The number of nitrogens with zero attached hydrogens (tertiary/aromatic N) is 1. The zero-order valence-corrected chi connectivity index (χ0v) is 16.3. The van der Waals surface area contributed by atoms with E-state index in [1.165, 1.54) is 12.8 Å². The average Bonchev–Trinajstić information content (AvgIpc) is 3.06. The molecule has 25 heavy (non-hydrogen) atoms. The maximum atomic E-state index is 12.1. The van der Waals surface area contributed by atoms with Gasteiger partial charge in [0, 0.05) is 13.1 Å². The number of rotatable bonds is 6. The van der Waals surface area contributed by atoms with Crippen LogP contribution in [0, 0.1) is 5.92 Å². The standard InChI is InChI=1S/C17H26N4O2.2ClH/c1-12(2)16(18)17(23)19-11-15(22)20-13-7-3-4-8-14(13)21-9-5-6-10-21;;/h3-4,7-8,12,16H,5-6,9-11,18H2,1-2H3,(H,19,23)(H,20,22);2*1H/t16-;;/m0../s1. The second-order valence-corrected chi connectivity index (χ2v) is 6.25. The van der Waals surface area contributed by atoms with E-state index in [1.54, 1.807) is 0 Å². The Balaban J connectivity index is 0.00000288. The highest BCUT2D eigenvalue weighted by molar-refractivity contribution is 5.97. The van der Waals surface area contributed by atoms with Gasteiger partial charge >= 0.3 is 0 Å². The highest BCUT2D eigenvalue weighted by Crippen LogP contribution is 2.28. The lowest BCUT2D eigenvalue weighted by molar-refractivity contribution is -0.125. The van der Waals surface area contributed by atoms with Crippen LogP contribution in [0.1, 0.15) is 26.7 Å². The van der Waals surface area contributed by atoms with Crippen LogP contribution in [0.4, 0.5) is 11.4 Å². The van der Waals surface area contributed by atoms with Gasteiger partial charge < -0.3 is 21.3 Å². The topological polar surface area (TPSA) is 87.5 Å². The molecule has 0 aliphatic carbocycles. The first kappa shape index (κ1) is 23.5. The summed E-state index contributed by atoms with van der Waals surface area (Å²) in [6.07, 6.45) is 2.34. The minimum Gasteiger partial charge on any atom is -0.370 e. The summed E-state index contributed by atoms with van der Waals surface area (Å²) in [6.45, 7) is 5.68. The molecule has 4 N–H and O–H groups in total. The van der Waals surface area contributed by atoms with Crippen molar-refractivity contribution in [3.05, 3.63) is 24.3 Å². The minimum absolute atomic E-state index is 0. The van der Waals surface area contributed by atoms with Crippen LogP contribution in [0.2, 0.25) is 0 Å². The molecule has 2 rings (SSSR count). The van der Waals surface area contributed by atoms with Gasteiger partial charge in [0.05, 0.1) is 24.0 Å². The number of benzene rings is 1. The Hall–Kier alpha value is -1.50. The Labute approximate surface area is 161 Å². The van der Waals surface area contributed by atoms with Crippen LogP contribution in [0.25, 0.3) is 0 Å². The van der Waals surface area contributed by atoms with E-state index in [2.05, 4.69) is 15.5 Å². The fourth-order valence-electron chi connectivity index (χ4n) is 2.60. The molecule has 1 aromatic rings. The molecule has 0 aromatic heterocycles. The molecule has 1 aliphatic heterocycles. The average molecular weight is 391 g/mol. The highest BCUT2D eigenvalue weighted by atomic mass is 35.5. The van der Waals surface area contributed by atoms with Gasteiger partial charge in [-0.2, -0.15) is 0 Å². The number of nitrogens with one attached hydrogen (secondary N) is 2. The minimum atomic E-state index is -0.598. The molecule has 0 radical (unpaired) electrons. The fourth-order valence-corrected chi connectivity index (χ4v) is 2.60. The van der Waals surface area contributed by atoms with Crippen LogP contribution >= 0.6 is 24.8 Å². The number of amides is 2. The first-order valence-electron chi connectivity index (χ1n) is 8.16. The quantitative estimate of drug-likeness (QED) is 0.694. The Bertz CT molecular complexity index is 563. The third kappa shape index (κ3) is 6.72. The molecular weight excluding hydrogens is 363 g/mol. The van der Waals surface area contributed by atoms with Crippen LogP contribution in [0.5, 0.6) is 0 Å². The second-order valence-electron chi connectivity index (χ2n) is 6.25.